The van der Waals surface area contributed by atoms with Crippen molar-refractivity contribution in [1.82, 2.24) is 15.3 Å². The molecule has 1 aromatic heterocycles. The summed E-state index contributed by atoms with van der Waals surface area (Å²) in [5, 5.41) is 2.95. The molecule has 3 N–H and O–H groups in total. The topological polar surface area (TPSA) is 80.9 Å². The minimum Gasteiger partial charge on any atom is -0.351 e. The van der Waals surface area contributed by atoms with Crippen molar-refractivity contribution < 1.29 is 4.79 Å². The fraction of sp³-hybridized carbons (Fsp3) is 0.357. The highest BCUT2D eigenvalue weighted by Crippen LogP contribution is 2.43. The Labute approximate surface area is 111 Å². The zero-order valence-electron chi connectivity index (χ0n) is 10.6. The average molecular weight is 256 g/mol. The third kappa shape index (κ3) is 2.42. The van der Waals surface area contributed by atoms with E-state index in [1.165, 1.54) is 0 Å². The van der Waals surface area contributed by atoms with E-state index >= 15 is 0 Å². The van der Waals surface area contributed by atoms with Crippen LogP contribution < -0.4 is 11.1 Å². The summed E-state index contributed by atoms with van der Waals surface area (Å²) in [5.74, 6) is -0.0766. The van der Waals surface area contributed by atoms with E-state index < -0.39 is 0 Å². The molecule has 5 nitrogen and oxygen atoms in total. The van der Waals surface area contributed by atoms with E-state index in [-0.39, 0.29) is 11.3 Å². The van der Waals surface area contributed by atoms with Crippen molar-refractivity contribution in [2.24, 2.45) is 11.1 Å². The van der Waals surface area contributed by atoms with Gasteiger partial charge in [-0.2, -0.15) is 0 Å². The van der Waals surface area contributed by atoms with E-state index in [9.17, 15) is 4.79 Å². The third-order valence-corrected chi connectivity index (χ3v) is 3.75. The molecule has 0 aliphatic heterocycles. The Hall–Kier alpha value is -2.01. The minimum atomic E-state index is -0.0766. The van der Waals surface area contributed by atoms with Crippen molar-refractivity contribution in [3.8, 4) is 0 Å². The molecule has 1 saturated carbocycles. The van der Waals surface area contributed by atoms with Crippen LogP contribution in [-0.2, 0) is 0 Å². The first-order valence-electron chi connectivity index (χ1n) is 6.42. The lowest BCUT2D eigenvalue weighted by atomic mass is 10.1. The van der Waals surface area contributed by atoms with Crippen LogP contribution in [0.2, 0.25) is 0 Å². The predicted molar refractivity (Wildman–Crippen MR) is 72.6 cm³/mol. The fourth-order valence-corrected chi connectivity index (χ4v) is 2.10. The molecule has 0 spiro atoms. The van der Waals surface area contributed by atoms with Gasteiger partial charge >= 0.3 is 0 Å². The number of nitrogens with zero attached hydrogens (tertiary/aromatic N) is 2. The highest BCUT2D eigenvalue weighted by atomic mass is 16.1. The van der Waals surface area contributed by atoms with E-state index in [1.807, 2.05) is 6.07 Å². The van der Waals surface area contributed by atoms with Crippen LogP contribution in [0.25, 0.3) is 11.0 Å². The SMILES string of the molecule is NCC1(CNC(=O)c2ccc3nccnc3c2)CC1. The maximum absolute atomic E-state index is 12.1. The lowest BCUT2D eigenvalue weighted by Crippen LogP contribution is -2.33. The number of fused-ring (bicyclic) bond motifs is 1. The molecule has 1 aromatic carbocycles. The Kier molecular flexibility index (Phi) is 2.91. The van der Waals surface area contributed by atoms with Crippen LogP contribution in [0.3, 0.4) is 0 Å². The van der Waals surface area contributed by atoms with Crippen LogP contribution in [0.1, 0.15) is 23.2 Å². The number of nitrogens with one attached hydrogen (secondary N) is 1. The summed E-state index contributed by atoms with van der Waals surface area (Å²) in [6.07, 6.45) is 5.47. The summed E-state index contributed by atoms with van der Waals surface area (Å²) in [7, 11) is 0. The Morgan fingerprint density at radius 3 is 2.68 bits per heavy atom. The fourth-order valence-electron chi connectivity index (χ4n) is 2.10. The second kappa shape index (κ2) is 4.59. The largest absolute Gasteiger partial charge is 0.351 e. The first kappa shape index (κ1) is 12.0. The van der Waals surface area contributed by atoms with Crippen molar-refractivity contribution in [3.63, 3.8) is 0 Å². The van der Waals surface area contributed by atoms with Crippen LogP contribution >= 0.6 is 0 Å². The molecular formula is C14H16N4O. The van der Waals surface area contributed by atoms with Crippen molar-refractivity contribution >= 4 is 16.9 Å². The molecule has 2 aromatic rings. The van der Waals surface area contributed by atoms with Crippen LogP contribution in [0.15, 0.2) is 30.6 Å². The molecule has 1 fully saturated rings. The maximum Gasteiger partial charge on any atom is 0.251 e. The van der Waals surface area contributed by atoms with E-state index in [0.717, 1.165) is 23.9 Å². The van der Waals surface area contributed by atoms with Crippen LogP contribution in [0.5, 0.6) is 0 Å². The molecule has 3 rings (SSSR count). The van der Waals surface area contributed by atoms with Gasteiger partial charge in [-0.1, -0.05) is 0 Å². The first-order chi connectivity index (χ1) is 9.22. The summed E-state index contributed by atoms with van der Waals surface area (Å²) >= 11 is 0. The number of rotatable bonds is 4. The van der Waals surface area contributed by atoms with E-state index in [2.05, 4.69) is 15.3 Å². The summed E-state index contributed by atoms with van der Waals surface area (Å²) < 4.78 is 0. The summed E-state index contributed by atoms with van der Waals surface area (Å²) in [6, 6.07) is 5.35. The average Bonchev–Trinajstić information content (AvgIpc) is 3.25. The molecule has 1 aliphatic carbocycles. The van der Waals surface area contributed by atoms with E-state index in [1.54, 1.807) is 24.5 Å². The third-order valence-electron chi connectivity index (χ3n) is 3.75. The lowest BCUT2D eigenvalue weighted by Gasteiger charge is -2.13. The van der Waals surface area contributed by atoms with Gasteiger partial charge in [-0.3, -0.25) is 14.8 Å². The van der Waals surface area contributed by atoms with Gasteiger partial charge in [0.05, 0.1) is 11.0 Å². The summed E-state index contributed by atoms with van der Waals surface area (Å²) in [5.41, 5.74) is 7.98. The molecular weight excluding hydrogens is 240 g/mol. The molecule has 98 valence electrons. The molecule has 0 saturated heterocycles. The van der Waals surface area contributed by atoms with Gasteiger partial charge in [-0.05, 0) is 37.6 Å². The quantitative estimate of drug-likeness (QED) is 0.858. The molecule has 0 atom stereocenters. The summed E-state index contributed by atoms with van der Waals surface area (Å²) in [4.78, 5) is 20.5. The number of hydrogen-bond donors (Lipinski definition) is 2. The lowest BCUT2D eigenvalue weighted by molar-refractivity contribution is 0.0945. The van der Waals surface area contributed by atoms with E-state index in [4.69, 9.17) is 5.73 Å². The van der Waals surface area contributed by atoms with Crippen molar-refractivity contribution in [1.29, 1.82) is 0 Å². The van der Waals surface area contributed by atoms with Crippen LogP contribution in [-0.4, -0.2) is 29.0 Å². The zero-order chi connectivity index (χ0) is 13.3. The van der Waals surface area contributed by atoms with Crippen LogP contribution in [0.4, 0.5) is 0 Å². The van der Waals surface area contributed by atoms with Crippen LogP contribution in [0, 0.1) is 5.41 Å². The van der Waals surface area contributed by atoms with Crippen molar-refractivity contribution in [3.05, 3.63) is 36.2 Å². The number of aromatic nitrogens is 2. The van der Waals surface area contributed by atoms with Gasteiger partial charge in [-0.25, -0.2) is 0 Å². The first-order valence-corrected chi connectivity index (χ1v) is 6.42. The van der Waals surface area contributed by atoms with Gasteiger partial charge in [0.2, 0.25) is 0 Å². The smallest absolute Gasteiger partial charge is 0.251 e. The molecule has 0 bridgehead atoms. The Bertz CT molecular complexity index is 622. The Morgan fingerprint density at radius 2 is 2.00 bits per heavy atom. The number of amides is 1. The predicted octanol–water partition coefficient (Wildman–Crippen LogP) is 1.10. The zero-order valence-corrected chi connectivity index (χ0v) is 10.6. The Morgan fingerprint density at radius 1 is 1.26 bits per heavy atom. The molecule has 0 radical (unpaired) electrons. The second-order valence-corrected chi connectivity index (χ2v) is 5.15. The highest BCUT2D eigenvalue weighted by molar-refractivity contribution is 5.97. The second-order valence-electron chi connectivity index (χ2n) is 5.15. The van der Waals surface area contributed by atoms with Gasteiger partial charge in [0.15, 0.2) is 0 Å². The standard InChI is InChI=1S/C14H16N4O/c15-8-14(3-4-14)9-18-13(19)10-1-2-11-12(7-10)17-6-5-16-11/h1-2,5-7H,3-4,8-9,15H2,(H,18,19). The molecule has 0 unspecified atom stereocenters. The van der Waals surface area contributed by atoms with Gasteiger partial charge in [0, 0.05) is 29.9 Å². The minimum absolute atomic E-state index is 0.0766. The van der Waals surface area contributed by atoms with Gasteiger partial charge < -0.3 is 11.1 Å². The number of carbonyl (C=O) groups excluding carboxylic acids is 1. The maximum atomic E-state index is 12.1. The van der Waals surface area contributed by atoms with Gasteiger partial charge in [0.1, 0.15) is 0 Å². The van der Waals surface area contributed by atoms with Gasteiger partial charge in [-0.15, -0.1) is 0 Å². The molecule has 1 amide bonds. The number of benzene rings is 1. The van der Waals surface area contributed by atoms with Gasteiger partial charge in [0.25, 0.3) is 5.91 Å². The highest BCUT2D eigenvalue weighted by Gasteiger charge is 2.41. The van der Waals surface area contributed by atoms with Crippen molar-refractivity contribution in [2.75, 3.05) is 13.1 Å². The number of carbonyl (C=O) groups is 1. The number of hydrogen-bond acceptors (Lipinski definition) is 4. The summed E-state index contributed by atoms with van der Waals surface area (Å²) in [6.45, 7) is 1.29. The molecule has 19 heavy (non-hydrogen) atoms. The Balaban J connectivity index is 1.74. The normalized spacial score (nSPS) is 16.3. The number of nitrogens with two attached hydrogens (primary N) is 1. The van der Waals surface area contributed by atoms with E-state index in [0.29, 0.717) is 18.7 Å². The molecule has 1 aliphatic rings. The van der Waals surface area contributed by atoms with Crippen molar-refractivity contribution in [2.45, 2.75) is 12.8 Å². The molecule has 5 heteroatoms. The molecule has 1 heterocycles. The monoisotopic (exact) mass is 256 g/mol.